The number of amides is 1. The Hall–Kier alpha value is -2.64. The average Bonchev–Trinajstić information content (AvgIpc) is 2.75. The SMILES string of the molecule is Cc1cc(C)c([C@@H](C)NC(=O)CN(c2ccc(Br)cc2)S(=O)(=O)c2ccccc2)cc1C. The predicted octanol–water partition coefficient (Wildman–Crippen LogP) is 5.45. The summed E-state index contributed by atoms with van der Waals surface area (Å²) in [4.78, 5) is 13.1. The molecule has 1 amide bonds. The summed E-state index contributed by atoms with van der Waals surface area (Å²) in [6.07, 6.45) is 0. The van der Waals surface area contributed by atoms with E-state index in [2.05, 4.69) is 40.3 Å². The van der Waals surface area contributed by atoms with Crippen LogP contribution in [0.2, 0.25) is 0 Å². The standard InChI is InChI=1S/C25H27BrN2O3S/c1-17-14-19(3)24(15-18(17)2)20(4)27-25(29)16-28(22-12-10-21(26)11-13-22)32(30,31)23-8-6-5-7-9-23/h5-15,20H,16H2,1-4H3,(H,27,29)/t20-/m1/s1. The minimum atomic E-state index is -3.93. The van der Waals surface area contributed by atoms with Gasteiger partial charge in [0.2, 0.25) is 5.91 Å². The Balaban J connectivity index is 1.89. The third-order valence-corrected chi connectivity index (χ3v) is 7.78. The van der Waals surface area contributed by atoms with Crippen LogP contribution < -0.4 is 9.62 Å². The van der Waals surface area contributed by atoms with Gasteiger partial charge in [0, 0.05) is 4.47 Å². The largest absolute Gasteiger partial charge is 0.348 e. The zero-order chi connectivity index (χ0) is 23.5. The number of sulfonamides is 1. The number of carbonyl (C=O) groups excluding carboxylic acids is 1. The van der Waals surface area contributed by atoms with Crippen molar-refractivity contribution in [2.75, 3.05) is 10.8 Å². The molecule has 0 fully saturated rings. The number of hydrogen-bond acceptors (Lipinski definition) is 3. The Bertz CT molecular complexity index is 1210. The quantitative estimate of drug-likeness (QED) is 0.455. The van der Waals surface area contributed by atoms with Gasteiger partial charge < -0.3 is 5.32 Å². The number of anilines is 1. The first kappa shape index (κ1) is 24.0. The van der Waals surface area contributed by atoms with Crippen molar-refractivity contribution in [3.05, 3.63) is 93.5 Å². The third kappa shape index (κ3) is 5.40. The fraction of sp³-hybridized carbons (Fsp3) is 0.240. The van der Waals surface area contributed by atoms with E-state index < -0.39 is 10.0 Å². The van der Waals surface area contributed by atoms with Crippen molar-refractivity contribution in [2.24, 2.45) is 0 Å². The molecule has 0 aromatic heterocycles. The minimum Gasteiger partial charge on any atom is -0.348 e. The molecule has 3 aromatic rings. The second kappa shape index (κ2) is 9.88. The number of nitrogens with one attached hydrogen (secondary N) is 1. The number of hydrogen-bond donors (Lipinski definition) is 1. The predicted molar refractivity (Wildman–Crippen MR) is 132 cm³/mol. The summed E-state index contributed by atoms with van der Waals surface area (Å²) in [5, 5.41) is 2.96. The van der Waals surface area contributed by atoms with Crippen LogP contribution in [0.1, 0.15) is 35.2 Å². The van der Waals surface area contributed by atoms with Crippen LogP contribution in [-0.2, 0) is 14.8 Å². The normalized spacial score (nSPS) is 12.3. The Labute approximate surface area is 198 Å². The van der Waals surface area contributed by atoms with Crippen molar-refractivity contribution in [3.8, 4) is 0 Å². The van der Waals surface area contributed by atoms with Crippen molar-refractivity contribution in [1.82, 2.24) is 5.32 Å². The van der Waals surface area contributed by atoms with Crippen molar-refractivity contribution in [3.63, 3.8) is 0 Å². The van der Waals surface area contributed by atoms with Gasteiger partial charge in [0.15, 0.2) is 0 Å². The molecule has 5 nitrogen and oxygen atoms in total. The van der Waals surface area contributed by atoms with Gasteiger partial charge in [-0.05, 0) is 86.3 Å². The molecule has 3 rings (SSSR count). The third-order valence-electron chi connectivity index (χ3n) is 5.46. The van der Waals surface area contributed by atoms with E-state index in [-0.39, 0.29) is 23.4 Å². The van der Waals surface area contributed by atoms with Gasteiger partial charge in [0.1, 0.15) is 6.54 Å². The molecule has 0 aliphatic carbocycles. The molecule has 32 heavy (non-hydrogen) atoms. The summed E-state index contributed by atoms with van der Waals surface area (Å²) in [6, 6.07) is 18.9. The van der Waals surface area contributed by atoms with Crippen molar-refractivity contribution in [1.29, 1.82) is 0 Å². The van der Waals surface area contributed by atoms with E-state index in [0.717, 1.165) is 25.5 Å². The molecule has 1 N–H and O–H groups in total. The van der Waals surface area contributed by atoms with Crippen LogP contribution in [0.5, 0.6) is 0 Å². The van der Waals surface area contributed by atoms with Gasteiger partial charge in [-0.2, -0.15) is 0 Å². The van der Waals surface area contributed by atoms with Gasteiger partial charge in [-0.25, -0.2) is 8.42 Å². The lowest BCUT2D eigenvalue weighted by Crippen LogP contribution is -2.41. The van der Waals surface area contributed by atoms with Gasteiger partial charge >= 0.3 is 0 Å². The lowest BCUT2D eigenvalue weighted by atomic mass is 9.96. The maximum atomic E-state index is 13.4. The second-order valence-electron chi connectivity index (χ2n) is 7.88. The minimum absolute atomic E-state index is 0.133. The summed E-state index contributed by atoms with van der Waals surface area (Å²) in [7, 11) is -3.93. The summed E-state index contributed by atoms with van der Waals surface area (Å²) < 4.78 is 28.7. The van der Waals surface area contributed by atoms with E-state index in [9.17, 15) is 13.2 Å². The van der Waals surface area contributed by atoms with Crippen LogP contribution >= 0.6 is 15.9 Å². The van der Waals surface area contributed by atoms with Gasteiger partial charge in [-0.3, -0.25) is 9.10 Å². The summed E-state index contributed by atoms with van der Waals surface area (Å²) >= 11 is 3.37. The Kier molecular flexibility index (Phi) is 7.41. The molecule has 0 unspecified atom stereocenters. The Morgan fingerprint density at radius 3 is 2.16 bits per heavy atom. The molecule has 0 heterocycles. The zero-order valence-electron chi connectivity index (χ0n) is 18.6. The summed E-state index contributed by atoms with van der Waals surface area (Å²) in [6.45, 7) is 7.69. The molecule has 0 spiro atoms. The van der Waals surface area contributed by atoms with Crippen LogP contribution in [-0.4, -0.2) is 20.9 Å². The topological polar surface area (TPSA) is 66.5 Å². The first-order valence-electron chi connectivity index (χ1n) is 10.3. The molecule has 0 bridgehead atoms. The van der Waals surface area contributed by atoms with Crippen molar-refractivity contribution in [2.45, 2.75) is 38.6 Å². The fourth-order valence-corrected chi connectivity index (χ4v) is 5.29. The maximum Gasteiger partial charge on any atom is 0.264 e. The highest BCUT2D eigenvalue weighted by Crippen LogP contribution is 2.26. The molecule has 3 aromatic carbocycles. The number of halogens is 1. The zero-order valence-corrected chi connectivity index (χ0v) is 21.0. The molecule has 7 heteroatoms. The van der Waals surface area contributed by atoms with E-state index in [4.69, 9.17) is 0 Å². The van der Waals surface area contributed by atoms with E-state index in [0.29, 0.717) is 5.69 Å². The molecular weight excluding hydrogens is 488 g/mol. The number of benzene rings is 3. The van der Waals surface area contributed by atoms with E-state index in [1.807, 2.05) is 20.8 Å². The number of rotatable bonds is 7. The number of carbonyl (C=O) groups is 1. The van der Waals surface area contributed by atoms with E-state index in [1.54, 1.807) is 42.5 Å². The lowest BCUT2D eigenvalue weighted by Gasteiger charge is -2.25. The summed E-state index contributed by atoms with van der Waals surface area (Å²) in [5.74, 6) is -0.377. The molecular formula is C25H27BrN2O3S. The van der Waals surface area contributed by atoms with E-state index >= 15 is 0 Å². The molecule has 0 aliphatic heterocycles. The summed E-state index contributed by atoms with van der Waals surface area (Å²) in [5.41, 5.74) is 4.86. The Morgan fingerprint density at radius 2 is 1.53 bits per heavy atom. The van der Waals surface area contributed by atoms with E-state index in [1.165, 1.54) is 17.7 Å². The second-order valence-corrected chi connectivity index (χ2v) is 10.7. The molecule has 0 saturated carbocycles. The first-order valence-corrected chi connectivity index (χ1v) is 12.5. The van der Waals surface area contributed by atoms with Gasteiger partial charge in [-0.1, -0.05) is 46.3 Å². The van der Waals surface area contributed by atoms with Crippen LogP contribution in [0.25, 0.3) is 0 Å². The maximum absolute atomic E-state index is 13.4. The molecule has 0 radical (unpaired) electrons. The molecule has 0 saturated heterocycles. The van der Waals surface area contributed by atoms with Crippen molar-refractivity contribution >= 4 is 37.5 Å². The van der Waals surface area contributed by atoms with Gasteiger partial charge in [-0.15, -0.1) is 0 Å². The molecule has 0 aliphatic rings. The fourth-order valence-electron chi connectivity index (χ4n) is 3.59. The van der Waals surface area contributed by atoms with Crippen LogP contribution in [0.15, 0.2) is 76.1 Å². The molecule has 168 valence electrons. The highest BCUT2D eigenvalue weighted by molar-refractivity contribution is 9.10. The van der Waals surface area contributed by atoms with Crippen LogP contribution in [0, 0.1) is 20.8 Å². The van der Waals surface area contributed by atoms with Crippen LogP contribution in [0.3, 0.4) is 0 Å². The number of nitrogens with zero attached hydrogens (tertiary/aromatic N) is 1. The lowest BCUT2D eigenvalue weighted by molar-refractivity contribution is -0.120. The highest BCUT2D eigenvalue weighted by Gasteiger charge is 2.27. The Morgan fingerprint density at radius 1 is 0.938 bits per heavy atom. The van der Waals surface area contributed by atoms with Crippen LogP contribution in [0.4, 0.5) is 5.69 Å². The van der Waals surface area contributed by atoms with Gasteiger partial charge in [0.05, 0.1) is 16.6 Å². The monoisotopic (exact) mass is 514 g/mol. The average molecular weight is 515 g/mol. The molecule has 1 atom stereocenters. The van der Waals surface area contributed by atoms with Crippen molar-refractivity contribution < 1.29 is 13.2 Å². The van der Waals surface area contributed by atoms with Gasteiger partial charge in [0.25, 0.3) is 10.0 Å². The smallest absolute Gasteiger partial charge is 0.264 e. The first-order chi connectivity index (χ1) is 15.1. The highest BCUT2D eigenvalue weighted by atomic mass is 79.9. The number of aryl methyl sites for hydroxylation is 3.